The molecule has 1 aliphatic rings. The van der Waals surface area contributed by atoms with E-state index in [9.17, 15) is 14.9 Å². The van der Waals surface area contributed by atoms with Gasteiger partial charge in [0.1, 0.15) is 5.70 Å². The zero-order chi connectivity index (χ0) is 26.0. The minimum Gasteiger partial charge on any atom is -0.409 e. The Morgan fingerprint density at radius 3 is 2.69 bits per heavy atom. The molecule has 0 radical (unpaired) electrons. The van der Waals surface area contributed by atoms with E-state index < -0.39 is 23.3 Å². The lowest BCUT2D eigenvalue weighted by atomic mass is 10.0. The van der Waals surface area contributed by atoms with E-state index in [1.807, 2.05) is 12.1 Å². The fourth-order valence-corrected chi connectivity index (χ4v) is 3.28. The van der Waals surface area contributed by atoms with Crippen molar-refractivity contribution in [2.45, 2.75) is 12.8 Å². The normalized spacial score (nSPS) is 17.7. The second kappa shape index (κ2) is 12.8. The summed E-state index contributed by atoms with van der Waals surface area (Å²) in [7, 11) is 1.25. The molecule has 2 rings (SSSR count). The van der Waals surface area contributed by atoms with Gasteiger partial charge in [0.05, 0.1) is 23.2 Å². The molecule has 9 N–H and O–H groups in total. The van der Waals surface area contributed by atoms with Crippen LogP contribution in [-0.2, 0) is 9.63 Å². The van der Waals surface area contributed by atoms with E-state index in [1.54, 1.807) is 36.4 Å². The van der Waals surface area contributed by atoms with Crippen LogP contribution in [0.1, 0.15) is 18.4 Å². The third kappa shape index (κ3) is 7.09. The van der Waals surface area contributed by atoms with Crippen LogP contribution in [0.15, 0.2) is 86.0 Å². The Morgan fingerprint density at radius 1 is 1.34 bits per heavy atom. The van der Waals surface area contributed by atoms with Crippen molar-refractivity contribution in [3.63, 3.8) is 0 Å². The van der Waals surface area contributed by atoms with Gasteiger partial charge in [-0.1, -0.05) is 57.5 Å². The number of hydrazine groups is 1. The van der Waals surface area contributed by atoms with Gasteiger partial charge in [-0.05, 0) is 24.1 Å². The molecule has 1 aliphatic carbocycles. The molecule has 14 heteroatoms. The first kappa shape index (κ1) is 26.9. The SMILES string of the molecule is CO[N+](=O)/C1=C/C/C=C(/C(=C(/N)C(=O)N/N=C/c2ccccc2Br)N(N)/C(=N/O)C(=N)N)C=CC1. The highest BCUT2D eigenvalue weighted by Crippen LogP contribution is 2.22. The maximum atomic E-state index is 12.8. The molecular formula is C21H25BrN9O4+. The smallest absolute Gasteiger partial charge is 0.293 e. The maximum Gasteiger partial charge on any atom is 0.293 e. The first-order chi connectivity index (χ1) is 16.7. The molecule has 0 bridgehead atoms. The van der Waals surface area contributed by atoms with Crippen molar-refractivity contribution in [2.24, 2.45) is 27.6 Å². The summed E-state index contributed by atoms with van der Waals surface area (Å²) in [6.45, 7) is 0. The van der Waals surface area contributed by atoms with Crippen molar-refractivity contribution < 1.29 is 19.8 Å². The number of carbonyl (C=O) groups excluding carboxylic acids is 1. The molecule has 35 heavy (non-hydrogen) atoms. The van der Waals surface area contributed by atoms with E-state index >= 15 is 0 Å². The number of rotatable bonds is 7. The first-order valence-electron chi connectivity index (χ1n) is 9.97. The maximum absolute atomic E-state index is 12.8. The van der Waals surface area contributed by atoms with Crippen LogP contribution in [0.2, 0.25) is 0 Å². The van der Waals surface area contributed by atoms with Gasteiger partial charge in [0.25, 0.3) is 16.5 Å². The van der Waals surface area contributed by atoms with Gasteiger partial charge in [-0.25, -0.2) is 16.1 Å². The Labute approximate surface area is 209 Å². The standard InChI is InChI=1S/C21H24BrN9O4/c1-35-31(34)15-9-4-7-13(8-5-10-15)18(30(26)20(29-33)19(24)25)17(23)21(32)28-27-12-14-6-2-3-11-16(14)22/h2-4,6-8,10-12H,5,9,23,26H2,1H3,(H4-,24,25,28,32,33)/p+1/b7-4?,13-8+,15-10+,18-17-,27-12+. The number of benzene rings is 1. The fraction of sp³-hybridized carbons (Fsp3) is 0.143. The van der Waals surface area contributed by atoms with Crippen LogP contribution in [-0.4, -0.2) is 46.0 Å². The molecule has 13 nitrogen and oxygen atoms in total. The zero-order valence-corrected chi connectivity index (χ0v) is 20.3. The molecule has 0 aliphatic heterocycles. The van der Waals surface area contributed by atoms with Crippen LogP contribution in [0.5, 0.6) is 0 Å². The molecule has 1 aromatic carbocycles. The highest BCUT2D eigenvalue weighted by atomic mass is 79.9. The molecule has 0 atom stereocenters. The summed E-state index contributed by atoms with van der Waals surface area (Å²) in [6, 6.07) is 7.22. The van der Waals surface area contributed by atoms with Gasteiger partial charge in [-0.3, -0.25) is 15.2 Å². The second-order valence-corrected chi connectivity index (χ2v) is 7.68. The van der Waals surface area contributed by atoms with Gasteiger partial charge < -0.3 is 16.7 Å². The van der Waals surface area contributed by atoms with Gasteiger partial charge in [-0.2, -0.15) is 5.10 Å². The number of carbonyl (C=O) groups is 1. The Hall–Kier alpha value is -4.30. The summed E-state index contributed by atoms with van der Waals surface area (Å²) >= 11 is 3.38. The van der Waals surface area contributed by atoms with Gasteiger partial charge in [0, 0.05) is 10.0 Å². The summed E-state index contributed by atoms with van der Waals surface area (Å²) in [6.07, 6.45) is 8.28. The number of nitrogens with one attached hydrogen (secondary N) is 2. The number of allylic oxidation sites excluding steroid dienone is 4. The van der Waals surface area contributed by atoms with Crippen molar-refractivity contribution in [3.05, 3.63) is 86.2 Å². The van der Waals surface area contributed by atoms with Crippen molar-refractivity contribution in [1.82, 2.24) is 10.4 Å². The summed E-state index contributed by atoms with van der Waals surface area (Å²) < 4.78 is 0.767. The van der Waals surface area contributed by atoms with Crippen molar-refractivity contribution in [2.75, 3.05) is 7.11 Å². The first-order valence-corrected chi connectivity index (χ1v) is 10.8. The molecule has 1 amide bonds. The highest BCUT2D eigenvalue weighted by Gasteiger charge is 2.25. The number of amides is 1. The Kier molecular flexibility index (Phi) is 9.86. The number of halogens is 1. The molecule has 0 fully saturated rings. The van der Waals surface area contributed by atoms with E-state index in [2.05, 4.69) is 36.5 Å². The minimum absolute atomic E-state index is 0.111. The van der Waals surface area contributed by atoms with Gasteiger partial charge >= 0.3 is 0 Å². The van der Waals surface area contributed by atoms with Crippen LogP contribution in [0.25, 0.3) is 0 Å². The molecule has 0 unspecified atom stereocenters. The van der Waals surface area contributed by atoms with Gasteiger partial charge in [-0.15, -0.1) is 0 Å². The molecule has 0 aromatic heterocycles. The number of amidine groups is 2. The zero-order valence-electron chi connectivity index (χ0n) is 18.7. The van der Waals surface area contributed by atoms with Gasteiger partial charge in [0.2, 0.25) is 5.84 Å². The topological polar surface area (TPSA) is 209 Å². The lowest BCUT2D eigenvalue weighted by molar-refractivity contribution is -0.762. The predicted molar refractivity (Wildman–Crippen MR) is 133 cm³/mol. The Morgan fingerprint density at radius 2 is 2.06 bits per heavy atom. The molecule has 0 saturated heterocycles. The number of nitrogens with two attached hydrogens (primary N) is 3. The van der Waals surface area contributed by atoms with Crippen LogP contribution < -0.4 is 22.7 Å². The summed E-state index contributed by atoms with van der Waals surface area (Å²) in [5.74, 6) is 4.01. The second-order valence-electron chi connectivity index (χ2n) is 6.83. The molecular weight excluding hydrogens is 522 g/mol. The van der Waals surface area contributed by atoms with Crippen molar-refractivity contribution in [1.29, 1.82) is 5.41 Å². The predicted octanol–water partition coefficient (Wildman–Crippen LogP) is 1.47. The quantitative estimate of drug-likeness (QED) is 0.0734. The highest BCUT2D eigenvalue weighted by molar-refractivity contribution is 9.10. The largest absolute Gasteiger partial charge is 0.409 e. The van der Waals surface area contributed by atoms with E-state index in [0.717, 1.165) is 4.47 Å². The van der Waals surface area contributed by atoms with E-state index in [1.165, 1.54) is 13.3 Å². The number of hydrogen-bond acceptors (Lipinski definition) is 9. The third-order valence-electron chi connectivity index (χ3n) is 4.57. The third-order valence-corrected chi connectivity index (χ3v) is 5.29. The molecule has 0 spiro atoms. The lowest BCUT2D eigenvalue weighted by Crippen LogP contribution is -2.46. The Balaban J connectivity index is 2.45. The summed E-state index contributed by atoms with van der Waals surface area (Å²) in [5.41, 5.74) is 14.8. The number of nitrogens with zero attached hydrogens (tertiary/aromatic N) is 4. The van der Waals surface area contributed by atoms with E-state index in [0.29, 0.717) is 26.8 Å². The molecule has 0 saturated carbocycles. The Bertz CT molecular complexity index is 1180. The van der Waals surface area contributed by atoms with Crippen molar-refractivity contribution in [3.8, 4) is 0 Å². The number of hydrazone groups is 1. The van der Waals surface area contributed by atoms with E-state index in [-0.39, 0.29) is 18.5 Å². The van der Waals surface area contributed by atoms with E-state index in [4.69, 9.17) is 22.7 Å². The van der Waals surface area contributed by atoms with Crippen LogP contribution in [0.3, 0.4) is 0 Å². The fourth-order valence-electron chi connectivity index (χ4n) is 2.89. The molecule has 0 heterocycles. The summed E-state index contributed by atoms with van der Waals surface area (Å²) in [4.78, 5) is 29.6. The summed E-state index contributed by atoms with van der Waals surface area (Å²) in [5, 5.41) is 24.5. The number of oxime groups is 1. The van der Waals surface area contributed by atoms with Gasteiger partial charge in [0.15, 0.2) is 12.9 Å². The van der Waals surface area contributed by atoms with Crippen LogP contribution >= 0.6 is 15.9 Å². The lowest BCUT2D eigenvalue weighted by Gasteiger charge is -2.24. The monoisotopic (exact) mass is 546 g/mol. The number of hydrogen-bond donors (Lipinski definition) is 6. The molecule has 1 aromatic rings. The minimum atomic E-state index is -0.822. The van der Waals surface area contributed by atoms with Crippen LogP contribution in [0.4, 0.5) is 0 Å². The average Bonchev–Trinajstić information content (AvgIpc) is 2.81. The average molecular weight is 547 g/mol. The molecule has 184 valence electrons. The van der Waals surface area contributed by atoms with Crippen LogP contribution in [0, 0.1) is 10.3 Å². The van der Waals surface area contributed by atoms with Crippen molar-refractivity contribution >= 4 is 39.7 Å².